The van der Waals surface area contributed by atoms with E-state index in [1.54, 1.807) is 18.4 Å². The van der Waals surface area contributed by atoms with Crippen LogP contribution in [0.2, 0.25) is 0 Å². The molecule has 6 nitrogen and oxygen atoms in total. The van der Waals surface area contributed by atoms with Gasteiger partial charge in [-0.2, -0.15) is 0 Å². The Bertz CT molecular complexity index is 808. The number of amides is 1. The van der Waals surface area contributed by atoms with Gasteiger partial charge in [-0.3, -0.25) is 4.79 Å². The van der Waals surface area contributed by atoms with Crippen LogP contribution in [0.15, 0.2) is 23.6 Å². The number of piperazine rings is 1. The first-order valence-corrected chi connectivity index (χ1v) is 10.4. The molecule has 0 bridgehead atoms. The van der Waals surface area contributed by atoms with Gasteiger partial charge in [-0.15, -0.1) is 11.3 Å². The first-order chi connectivity index (χ1) is 13.2. The van der Waals surface area contributed by atoms with Crippen LogP contribution in [-0.2, 0) is 0 Å². The standard InChI is InChI=1S/C20H26N4O2S/c1-22-9-11-23(12-10-22)19(25)15-5-6-18(26-2)16(13-15)17-14-27-20(21-17)24-7-3-4-8-24/h5-6,13-14H,3-4,7-12H2,1-2H3. The maximum Gasteiger partial charge on any atom is 0.253 e. The summed E-state index contributed by atoms with van der Waals surface area (Å²) in [4.78, 5) is 24.3. The highest BCUT2D eigenvalue weighted by molar-refractivity contribution is 7.14. The lowest BCUT2D eigenvalue weighted by molar-refractivity contribution is 0.0664. The zero-order valence-electron chi connectivity index (χ0n) is 16.0. The van der Waals surface area contributed by atoms with Crippen molar-refractivity contribution in [2.45, 2.75) is 12.8 Å². The molecule has 7 heteroatoms. The summed E-state index contributed by atoms with van der Waals surface area (Å²) < 4.78 is 5.55. The highest BCUT2D eigenvalue weighted by atomic mass is 32.1. The number of benzene rings is 1. The van der Waals surface area contributed by atoms with Crippen LogP contribution in [0.3, 0.4) is 0 Å². The Kier molecular flexibility index (Phi) is 5.31. The van der Waals surface area contributed by atoms with Gasteiger partial charge in [-0.05, 0) is 38.1 Å². The lowest BCUT2D eigenvalue weighted by Crippen LogP contribution is -2.47. The van der Waals surface area contributed by atoms with Crippen LogP contribution >= 0.6 is 11.3 Å². The van der Waals surface area contributed by atoms with Crippen molar-refractivity contribution in [2.24, 2.45) is 0 Å². The minimum absolute atomic E-state index is 0.0852. The molecule has 1 aromatic heterocycles. The second-order valence-electron chi connectivity index (χ2n) is 7.22. The monoisotopic (exact) mass is 386 g/mol. The van der Waals surface area contributed by atoms with Gasteiger partial charge in [0.2, 0.25) is 0 Å². The van der Waals surface area contributed by atoms with Crippen LogP contribution < -0.4 is 9.64 Å². The second-order valence-corrected chi connectivity index (χ2v) is 8.06. The topological polar surface area (TPSA) is 48.9 Å². The Morgan fingerprint density at radius 1 is 1.11 bits per heavy atom. The van der Waals surface area contributed by atoms with E-state index >= 15 is 0 Å². The minimum atomic E-state index is 0.0852. The third-order valence-corrected chi connectivity index (χ3v) is 6.28. The van der Waals surface area contributed by atoms with Gasteiger partial charge < -0.3 is 19.4 Å². The maximum absolute atomic E-state index is 12.9. The molecule has 4 rings (SSSR count). The molecule has 0 N–H and O–H groups in total. The average Bonchev–Trinajstić information content (AvgIpc) is 3.39. The van der Waals surface area contributed by atoms with Crippen molar-refractivity contribution in [3.8, 4) is 17.0 Å². The fourth-order valence-electron chi connectivity index (χ4n) is 3.67. The van der Waals surface area contributed by atoms with E-state index < -0.39 is 0 Å². The molecule has 27 heavy (non-hydrogen) atoms. The van der Waals surface area contributed by atoms with Crippen LogP contribution in [0.1, 0.15) is 23.2 Å². The van der Waals surface area contributed by atoms with Crippen LogP contribution in [0.4, 0.5) is 5.13 Å². The number of aromatic nitrogens is 1. The first kappa shape index (κ1) is 18.3. The molecule has 3 heterocycles. The molecule has 2 saturated heterocycles. The summed E-state index contributed by atoms with van der Waals surface area (Å²) in [7, 11) is 3.75. The van der Waals surface area contributed by atoms with Crippen molar-refractivity contribution in [1.29, 1.82) is 0 Å². The number of hydrogen-bond acceptors (Lipinski definition) is 6. The first-order valence-electron chi connectivity index (χ1n) is 9.52. The zero-order chi connectivity index (χ0) is 18.8. The molecule has 2 aliphatic rings. The molecule has 0 unspecified atom stereocenters. The van der Waals surface area contributed by atoms with Crippen molar-refractivity contribution in [2.75, 3.05) is 58.3 Å². The van der Waals surface area contributed by atoms with E-state index in [1.807, 2.05) is 23.1 Å². The quantitative estimate of drug-likeness (QED) is 0.809. The largest absolute Gasteiger partial charge is 0.496 e. The fraction of sp³-hybridized carbons (Fsp3) is 0.500. The van der Waals surface area contributed by atoms with E-state index in [-0.39, 0.29) is 5.91 Å². The van der Waals surface area contributed by atoms with Crippen molar-refractivity contribution >= 4 is 22.4 Å². The fourth-order valence-corrected chi connectivity index (χ4v) is 4.55. The smallest absolute Gasteiger partial charge is 0.253 e. The summed E-state index contributed by atoms with van der Waals surface area (Å²) in [5, 5.41) is 3.12. The number of carbonyl (C=O) groups excluding carboxylic acids is 1. The number of methoxy groups -OCH3 is 1. The third kappa shape index (κ3) is 3.80. The van der Waals surface area contributed by atoms with Gasteiger partial charge >= 0.3 is 0 Å². The number of thiazole rings is 1. The van der Waals surface area contributed by atoms with Crippen LogP contribution in [0, 0.1) is 0 Å². The van der Waals surface area contributed by atoms with E-state index in [0.717, 1.165) is 61.4 Å². The Morgan fingerprint density at radius 2 is 1.85 bits per heavy atom. The minimum Gasteiger partial charge on any atom is -0.496 e. The van der Waals surface area contributed by atoms with E-state index in [1.165, 1.54) is 12.8 Å². The molecule has 0 spiro atoms. The third-order valence-electron chi connectivity index (χ3n) is 5.38. The predicted octanol–water partition coefficient (Wildman–Crippen LogP) is 2.81. The van der Waals surface area contributed by atoms with Gasteiger partial charge in [-0.25, -0.2) is 4.98 Å². The molecule has 0 radical (unpaired) electrons. The molecule has 1 amide bonds. The summed E-state index contributed by atoms with van der Waals surface area (Å²) in [5.41, 5.74) is 2.47. The summed E-state index contributed by atoms with van der Waals surface area (Å²) >= 11 is 1.66. The van der Waals surface area contributed by atoms with Crippen molar-refractivity contribution in [3.05, 3.63) is 29.1 Å². The molecule has 2 aromatic rings. The number of anilines is 1. The molecule has 0 saturated carbocycles. The second kappa shape index (κ2) is 7.86. The Balaban J connectivity index is 1.60. The number of ether oxygens (including phenoxy) is 1. The van der Waals surface area contributed by atoms with E-state index in [2.05, 4.69) is 22.2 Å². The highest BCUT2D eigenvalue weighted by Crippen LogP contribution is 2.35. The molecule has 0 aliphatic carbocycles. The number of rotatable bonds is 4. The normalized spacial score (nSPS) is 18.1. The van der Waals surface area contributed by atoms with E-state index in [9.17, 15) is 4.79 Å². The van der Waals surface area contributed by atoms with Crippen molar-refractivity contribution in [1.82, 2.24) is 14.8 Å². The molecule has 0 atom stereocenters. The van der Waals surface area contributed by atoms with Crippen LogP contribution in [0.5, 0.6) is 5.75 Å². The van der Waals surface area contributed by atoms with Gasteiger partial charge in [0.15, 0.2) is 5.13 Å². The van der Waals surface area contributed by atoms with E-state index in [0.29, 0.717) is 5.56 Å². The summed E-state index contributed by atoms with van der Waals surface area (Å²) in [5.74, 6) is 0.838. The van der Waals surface area contributed by atoms with Gasteiger partial charge in [0.1, 0.15) is 5.75 Å². The number of nitrogens with zero attached hydrogens (tertiary/aromatic N) is 4. The van der Waals surface area contributed by atoms with Gasteiger partial charge in [0, 0.05) is 55.8 Å². The molecule has 2 fully saturated rings. The van der Waals surface area contributed by atoms with Crippen molar-refractivity contribution in [3.63, 3.8) is 0 Å². The summed E-state index contributed by atoms with van der Waals surface area (Å²) in [6.45, 7) is 5.52. The summed E-state index contributed by atoms with van der Waals surface area (Å²) in [6.07, 6.45) is 2.46. The molecule has 1 aromatic carbocycles. The van der Waals surface area contributed by atoms with Gasteiger partial charge in [0.05, 0.1) is 12.8 Å². The zero-order valence-corrected chi connectivity index (χ0v) is 16.8. The SMILES string of the molecule is COc1ccc(C(=O)N2CCN(C)CC2)cc1-c1csc(N2CCCC2)n1. The number of carbonyl (C=O) groups is 1. The predicted molar refractivity (Wildman–Crippen MR) is 109 cm³/mol. The Hall–Kier alpha value is -2.12. The van der Waals surface area contributed by atoms with E-state index in [4.69, 9.17) is 9.72 Å². The van der Waals surface area contributed by atoms with Crippen LogP contribution in [-0.4, -0.2) is 74.1 Å². The molecular formula is C20H26N4O2S. The van der Waals surface area contributed by atoms with Crippen molar-refractivity contribution < 1.29 is 9.53 Å². The lowest BCUT2D eigenvalue weighted by Gasteiger charge is -2.32. The number of hydrogen-bond donors (Lipinski definition) is 0. The Morgan fingerprint density at radius 3 is 2.56 bits per heavy atom. The molecular weight excluding hydrogens is 360 g/mol. The van der Waals surface area contributed by atoms with Crippen LogP contribution in [0.25, 0.3) is 11.3 Å². The van der Waals surface area contributed by atoms with Gasteiger partial charge in [-0.1, -0.05) is 0 Å². The van der Waals surface area contributed by atoms with Gasteiger partial charge in [0.25, 0.3) is 5.91 Å². The summed E-state index contributed by atoms with van der Waals surface area (Å²) in [6, 6.07) is 5.67. The Labute approximate surface area is 164 Å². The molecule has 144 valence electrons. The maximum atomic E-state index is 12.9. The number of likely N-dealkylation sites (N-methyl/N-ethyl adjacent to an activating group) is 1. The lowest BCUT2D eigenvalue weighted by atomic mass is 10.1. The molecule has 2 aliphatic heterocycles. The average molecular weight is 387 g/mol. The highest BCUT2D eigenvalue weighted by Gasteiger charge is 2.23.